The Morgan fingerprint density at radius 3 is 2.71 bits per heavy atom. The molecule has 1 saturated carbocycles. The van der Waals surface area contributed by atoms with Gasteiger partial charge in [0.15, 0.2) is 0 Å². The molecule has 1 aliphatic heterocycles. The molecule has 1 fully saturated rings. The summed E-state index contributed by atoms with van der Waals surface area (Å²) >= 11 is 0. The number of aromatic nitrogens is 3. The lowest BCUT2D eigenvalue weighted by Crippen LogP contribution is -2.19. The molecule has 5 rings (SSSR count). The topological polar surface area (TPSA) is 72.2 Å². The first-order valence-electron chi connectivity index (χ1n) is 9.16. The van der Waals surface area contributed by atoms with Crippen LogP contribution in [0.2, 0.25) is 0 Å². The first-order chi connectivity index (χ1) is 13.4. The Morgan fingerprint density at radius 1 is 1.18 bits per heavy atom. The molecule has 0 spiro atoms. The monoisotopic (exact) mass is 387 g/mol. The quantitative estimate of drug-likeness (QED) is 0.837. The van der Waals surface area contributed by atoms with E-state index >= 15 is 0 Å². The highest BCUT2D eigenvalue weighted by atomic mass is 19.4. The minimum atomic E-state index is -4.53. The second-order valence-electron chi connectivity index (χ2n) is 7.22. The number of nitrogens with one attached hydrogen (secondary N) is 1. The van der Waals surface area contributed by atoms with E-state index in [1.54, 1.807) is 12.2 Å². The summed E-state index contributed by atoms with van der Waals surface area (Å²) in [6.45, 7) is 0. The number of urea groups is 1. The summed E-state index contributed by atoms with van der Waals surface area (Å²) in [5.41, 5.74) is 1.47. The Hall–Kier alpha value is -2.97. The third kappa shape index (κ3) is 2.73. The molecule has 3 heterocycles. The van der Waals surface area contributed by atoms with Gasteiger partial charge in [-0.25, -0.2) is 9.78 Å². The Bertz CT molecular complexity index is 1070. The predicted molar refractivity (Wildman–Crippen MR) is 96.0 cm³/mol. The van der Waals surface area contributed by atoms with Gasteiger partial charge in [0.05, 0.1) is 23.1 Å². The van der Waals surface area contributed by atoms with E-state index in [9.17, 15) is 18.0 Å². The van der Waals surface area contributed by atoms with Gasteiger partial charge in [-0.3, -0.25) is 4.68 Å². The third-order valence-corrected chi connectivity index (χ3v) is 5.40. The lowest BCUT2D eigenvalue weighted by atomic mass is 9.95. The molecule has 3 aliphatic rings. The number of fused-ring (bicyclic) bond motifs is 2. The van der Waals surface area contributed by atoms with Gasteiger partial charge in [-0.05, 0) is 37.1 Å². The summed E-state index contributed by atoms with van der Waals surface area (Å²) in [5.74, 6) is -0.353. The number of carbonyl (C=O) groups excluding carboxylic acids is 1. The van der Waals surface area contributed by atoms with E-state index in [0.717, 1.165) is 31.7 Å². The number of amides is 2. The zero-order valence-electron chi connectivity index (χ0n) is 14.7. The van der Waals surface area contributed by atoms with Crippen molar-refractivity contribution in [3.63, 3.8) is 0 Å². The van der Waals surface area contributed by atoms with Gasteiger partial charge in [0.1, 0.15) is 16.7 Å². The Kier molecular flexibility index (Phi) is 3.68. The van der Waals surface area contributed by atoms with E-state index in [-0.39, 0.29) is 17.5 Å². The van der Waals surface area contributed by atoms with Gasteiger partial charge >= 0.3 is 12.2 Å². The van der Waals surface area contributed by atoms with Crippen molar-refractivity contribution in [3.05, 3.63) is 47.4 Å². The van der Waals surface area contributed by atoms with Crippen LogP contribution in [0.1, 0.15) is 49.0 Å². The highest BCUT2D eigenvalue weighted by Crippen LogP contribution is 2.38. The average Bonchev–Trinajstić information content (AvgIpc) is 3.36. The van der Waals surface area contributed by atoms with Crippen molar-refractivity contribution in [2.45, 2.75) is 43.8 Å². The minimum absolute atomic E-state index is 0.138. The maximum atomic E-state index is 13.2. The molecule has 2 aliphatic carbocycles. The van der Waals surface area contributed by atoms with Crippen LogP contribution >= 0.6 is 0 Å². The van der Waals surface area contributed by atoms with Crippen molar-refractivity contribution in [2.24, 2.45) is 4.99 Å². The molecule has 1 N–H and O–H groups in total. The molecule has 28 heavy (non-hydrogen) atoms. The van der Waals surface area contributed by atoms with Crippen molar-refractivity contribution < 1.29 is 18.0 Å². The van der Waals surface area contributed by atoms with E-state index < -0.39 is 17.9 Å². The molecular formula is C19H16F3N5O. The number of aliphatic imine (C=N–C) groups is 1. The molecule has 2 aromatic heterocycles. The number of halogens is 3. The lowest BCUT2D eigenvalue weighted by Gasteiger charge is -2.20. The maximum absolute atomic E-state index is 13.2. The van der Waals surface area contributed by atoms with E-state index in [1.807, 2.05) is 10.8 Å². The Labute approximate surface area is 157 Å². The summed E-state index contributed by atoms with van der Waals surface area (Å²) in [6.07, 6.45) is 4.81. The number of nitrogens with zero attached hydrogens (tertiary/aromatic N) is 4. The van der Waals surface area contributed by atoms with Crippen molar-refractivity contribution in [2.75, 3.05) is 0 Å². The summed E-state index contributed by atoms with van der Waals surface area (Å²) in [7, 11) is 0. The zero-order valence-corrected chi connectivity index (χ0v) is 14.7. The fraction of sp³-hybridized carbons (Fsp3) is 0.368. The van der Waals surface area contributed by atoms with Crippen LogP contribution in [0.15, 0.2) is 41.1 Å². The molecule has 9 heteroatoms. The number of allylic oxidation sites excluding steroid dienone is 3. The first kappa shape index (κ1) is 17.2. The summed E-state index contributed by atoms with van der Waals surface area (Å²) in [5, 5.41) is 7.26. The average molecular weight is 387 g/mol. The van der Waals surface area contributed by atoms with Crippen LogP contribution < -0.4 is 5.32 Å². The van der Waals surface area contributed by atoms with Gasteiger partial charge in [0.2, 0.25) is 0 Å². The smallest absolute Gasteiger partial charge is 0.304 e. The molecule has 0 aromatic carbocycles. The highest BCUT2D eigenvalue weighted by molar-refractivity contribution is 6.19. The van der Waals surface area contributed by atoms with Crippen LogP contribution in [0, 0.1) is 0 Å². The van der Waals surface area contributed by atoms with E-state index in [0.29, 0.717) is 22.6 Å². The Balaban J connectivity index is 1.69. The second-order valence-corrected chi connectivity index (χ2v) is 7.22. The van der Waals surface area contributed by atoms with E-state index in [1.165, 1.54) is 6.07 Å². The molecule has 0 radical (unpaired) electrons. The van der Waals surface area contributed by atoms with Gasteiger partial charge in [0.25, 0.3) is 0 Å². The second kappa shape index (κ2) is 6.02. The normalized spacial score (nSPS) is 22.4. The fourth-order valence-electron chi connectivity index (χ4n) is 4.13. The minimum Gasteiger partial charge on any atom is -0.304 e. The van der Waals surface area contributed by atoms with Crippen molar-refractivity contribution in [3.8, 4) is 0 Å². The number of rotatable bonds is 2. The zero-order chi connectivity index (χ0) is 19.5. The van der Waals surface area contributed by atoms with Gasteiger partial charge < -0.3 is 5.32 Å². The first-order valence-corrected chi connectivity index (χ1v) is 9.16. The van der Waals surface area contributed by atoms with Gasteiger partial charge in [-0.1, -0.05) is 18.9 Å². The molecule has 1 unspecified atom stereocenters. The maximum Gasteiger partial charge on any atom is 0.433 e. The molecule has 2 amide bonds. The Morgan fingerprint density at radius 2 is 1.96 bits per heavy atom. The molecule has 0 saturated heterocycles. The van der Waals surface area contributed by atoms with Crippen LogP contribution in [0.5, 0.6) is 0 Å². The molecule has 6 nitrogen and oxygen atoms in total. The van der Waals surface area contributed by atoms with Gasteiger partial charge in [-0.2, -0.15) is 23.3 Å². The summed E-state index contributed by atoms with van der Waals surface area (Å²) in [6, 6.07) is 2.04. The molecule has 144 valence electrons. The standard InChI is InChI=1S/C19H16F3N5O/c20-19(21,22)15-8-7-13-16(25-15)17(27(26-13)11-3-1-2-4-11)10-5-6-12-14(9-10)24-18(28)23-12/h5-11H,1-4H2,(H,24,28). The largest absolute Gasteiger partial charge is 0.433 e. The summed E-state index contributed by atoms with van der Waals surface area (Å²) < 4.78 is 41.6. The number of carbonyl (C=O) groups is 1. The molecule has 2 aromatic rings. The number of alkyl halides is 3. The lowest BCUT2D eigenvalue weighted by molar-refractivity contribution is -0.140. The van der Waals surface area contributed by atoms with Crippen LogP contribution in [-0.2, 0) is 6.18 Å². The van der Waals surface area contributed by atoms with Crippen LogP contribution in [0.25, 0.3) is 11.0 Å². The number of hydrogen-bond donors (Lipinski definition) is 1. The number of hydrogen-bond acceptors (Lipinski definition) is 3. The SMILES string of the molecule is O=C1N=C2C=CC(c3c4nc(C(F)(F)F)ccc4nn3C3CCCC3)C=C2N1. The van der Waals surface area contributed by atoms with E-state index in [2.05, 4.69) is 20.4 Å². The van der Waals surface area contributed by atoms with Crippen LogP contribution in [0.4, 0.5) is 18.0 Å². The summed E-state index contributed by atoms with van der Waals surface area (Å²) in [4.78, 5) is 19.3. The van der Waals surface area contributed by atoms with Gasteiger partial charge in [0, 0.05) is 5.92 Å². The van der Waals surface area contributed by atoms with Crippen molar-refractivity contribution in [1.82, 2.24) is 20.1 Å². The van der Waals surface area contributed by atoms with E-state index in [4.69, 9.17) is 0 Å². The van der Waals surface area contributed by atoms with Gasteiger partial charge in [-0.15, -0.1) is 0 Å². The fourth-order valence-corrected chi connectivity index (χ4v) is 4.13. The molecular weight excluding hydrogens is 371 g/mol. The third-order valence-electron chi connectivity index (χ3n) is 5.40. The highest BCUT2D eigenvalue weighted by Gasteiger charge is 2.35. The predicted octanol–water partition coefficient (Wildman–Crippen LogP) is 4.27. The van der Waals surface area contributed by atoms with Crippen molar-refractivity contribution >= 4 is 22.8 Å². The van der Waals surface area contributed by atoms with Crippen LogP contribution in [0.3, 0.4) is 0 Å². The van der Waals surface area contributed by atoms with Crippen LogP contribution in [-0.4, -0.2) is 26.5 Å². The molecule has 0 bridgehead atoms. The molecule has 1 atom stereocenters. The van der Waals surface area contributed by atoms with Crippen molar-refractivity contribution in [1.29, 1.82) is 0 Å². The number of pyridine rings is 1.